The largest absolute Gasteiger partial charge is 1.00 e. The maximum Gasteiger partial charge on any atom is -1.00 e. The Kier molecular flexibility index (Phi) is 16.2. The van der Waals surface area contributed by atoms with E-state index in [0.717, 1.165) is 25.7 Å². The minimum atomic E-state index is 0. The van der Waals surface area contributed by atoms with Crippen LogP contribution in [0.1, 0.15) is 102 Å². The van der Waals surface area contributed by atoms with Gasteiger partial charge in [-0.3, -0.25) is 0 Å². The molecule has 4 aromatic rings. The Labute approximate surface area is 343 Å². The molecular formula is C46H46Cl2Zr2-4. The molecule has 4 heteroatoms. The van der Waals surface area contributed by atoms with Crippen LogP contribution in [0.4, 0.5) is 0 Å². The van der Waals surface area contributed by atoms with Crippen LogP contribution in [0.3, 0.4) is 0 Å². The van der Waals surface area contributed by atoms with Crippen molar-refractivity contribution >= 4 is 17.6 Å². The van der Waals surface area contributed by atoms with Crippen molar-refractivity contribution in [3.05, 3.63) is 153 Å². The predicted molar refractivity (Wildman–Crippen MR) is 202 cm³/mol. The second-order valence-corrected chi connectivity index (χ2v) is 18.5. The summed E-state index contributed by atoms with van der Waals surface area (Å²) in [6.45, 7) is 17.3. The van der Waals surface area contributed by atoms with Crippen LogP contribution >= 0.6 is 0 Å². The van der Waals surface area contributed by atoms with Gasteiger partial charge in [0.25, 0.3) is 0 Å². The molecule has 4 aliphatic rings. The first kappa shape index (κ1) is 42.3. The van der Waals surface area contributed by atoms with Gasteiger partial charge in [-0.1, -0.05) is 105 Å². The third kappa shape index (κ3) is 10.1. The van der Waals surface area contributed by atoms with E-state index in [1.165, 1.54) is 95.5 Å². The number of allylic oxidation sites excluding steroid dienone is 8. The van der Waals surface area contributed by atoms with Crippen LogP contribution in [-0.2, 0) is 61.3 Å². The fraction of sp³-hybridized carbons (Fsp3) is 0.261. The van der Waals surface area contributed by atoms with Crippen molar-refractivity contribution in [2.45, 2.75) is 81.1 Å². The first-order valence-electron chi connectivity index (χ1n) is 17.0. The van der Waals surface area contributed by atoms with Crippen LogP contribution in [-0.4, -0.2) is 6.41 Å². The van der Waals surface area contributed by atoms with Crippen LogP contribution in [0, 0.1) is 12.1 Å². The van der Waals surface area contributed by atoms with Crippen molar-refractivity contribution in [3.63, 3.8) is 0 Å². The molecule has 0 aromatic heterocycles. The number of rotatable bonds is 2. The Morgan fingerprint density at radius 2 is 0.840 bits per heavy atom. The smallest absolute Gasteiger partial charge is 1.00 e. The minimum absolute atomic E-state index is 0. The number of benzene rings is 4. The molecule has 0 saturated carbocycles. The van der Waals surface area contributed by atoms with Crippen molar-refractivity contribution in [1.82, 2.24) is 0 Å². The normalized spacial score (nSPS) is 14.0. The van der Waals surface area contributed by atoms with Crippen LogP contribution in [0.2, 0.25) is 0 Å². The van der Waals surface area contributed by atoms with Crippen LogP contribution in [0.15, 0.2) is 107 Å². The molecule has 0 N–H and O–H groups in total. The number of halogens is 2. The Hall–Kier alpha value is -2.07. The molecule has 0 aliphatic heterocycles. The van der Waals surface area contributed by atoms with E-state index in [2.05, 4.69) is 152 Å². The van der Waals surface area contributed by atoms with E-state index in [9.17, 15) is 0 Å². The zero-order chi connectivity index (χ0) is 34.5. The summed E-state index contributed by atoms with van der Waals surface area (Å²) in [7, 11) is 0. The maximum atomic E-state index is 3.67. The minimum Gasteiger partial charge on any atom is -1.00 e. The molecule has 256 valence electrons. The molecule has 0 nitrogen and oxygen atoms in total. The second-order valence-electron chi connectivity index (χ2n) is 13.6. The van der Waals surface area contributed by atoms with Gasteiger partial charge in [0, 0.05) is 0 Å². The third-order valence-electron chi connectivity index (χ3n) is 9.37. The number of hydrogen-bond donors (Lipinski definition) is 0. The molecule has 0 unspecified atom stereocenters. The van der Waals surface area contributed by atoms with Gasteiger partial charge >= 0.3 is 82.6 Å². The van der Waals surface area contributed by atoms with Gasteiger partial charge in [-0.25, -0.2) is 0 Å². The van der Waals surface area contributed by atoms with Gasteiger partial charge in [-0.2, -0.15) is 0 Å². The fourth-order valence-corrected chi connectivity index (χ4v) is 6.69. The van der Waals surface area contributed by atoms with Crippen molar-refractivity contribution < 1.29 is 73.3 Å². The predicted octanol–water partition coefficient (Wildman–Crippen LogP) is 5.86. The first-order valence-corrected chi connectivity index (χ1v) is 19.4. The Bertz CT molecular complexity index is 1880. The van der Waals surface area contributed by atoms with E-state index < -0.39 is 0 Å². The van der Waals surface area contributed by atoms with Gasteiger partial charge in [0.05, 0.1) is 0 Å². The monoisotopic (exact) mass is 848 g/mol. The van der Waals surface area contributed by atoms with Crippen LogP contribution < -0.4 is 24.8 Å². The fourth-order valence-electron chi connectivity index (χ4n) is 6.69. The molecule has 0 radical (unpaired) electrons. The van der Waals surface area contributed by atoms with Crippen molar-refractivity contribution in [2.24, 2.45) is 0 Å². The maximum absolute atomic E-state index is 3.67. The molecule has 0 spiro atoms. The average molecular weight is 852 g/mol. The second kappa shape index (κ2) is 19.1. The zero-order valence-electron chi connectivity index (χ0n) is 30.7. The van der Waals surface area contributed by atoms with E-state index in [4.69, 9.17) is 0 Å². The Morgan fingerprint density at radius 3 is 1.16 bits per heavy atom. The molecule has 4 aliphatic carbocycles. The van der Waals surface area contributed by atoms with E-state index in [1.807, 2.05) is 0 Å². The molecule has 0 amide bonds. The summed E-state index contributed by atoms with van der Waals surface area (Å²) in [5.74, 6) is 0. The van der Waals surface area contributed by atoms with E-state index in [-0.39, 0.29) is 24.8 Å². The summed E-state index contributed by atoms with van der Waals surface area (Å²) in [6.07, 6.45) is 8.80. The topological polar surface area (TPSA) is 0 Å². The van der Waals surface area contributed by atoms with Gasteiger partial charge in [-0.15, -0.1) is 69.8 Å². The average Bonchev–Trinajstić information content (AvgIpc) is 3.79. The van der Waals surface area contributed by atoms with Gasteiger partial charge in [-0.05, 0) is 64.5 Å². The van der Waals surface area contributed by atoms with E-state index in [0.29, 0.717) is 0 Å². The van der Waals surface area contributed by atoms with Gasteiger partial charge in [0.2, 0.25) is 0 Å². The summed E-state index contributed by atoms with van der Waals surface area (Å²) in [5, 5.41) is 0. The molecule has 50 heavy (non-hydrogen) atoms. The van der Waals surface area contributed by atoms with Gasteiger partial charge < -0.3 is 24.8 Å². The summed E-state index contributed by atoms with van der Waals surface area (Å²) < 4.78 is 3.01. The van der Waals surface area contributed by atoms with Crippen molar-refractivity contribution in [1.29, 1.82) is 0 Å². The SMILES string of the molecule is CC1=CCC(c2[c-]c3c(cc2)-c2ccccc2C3)=C1C.CC1=CCC(c2[c-]c3c(cc2)-c2ccccc2C3)=C1C.C[C](C)=[Zr].C[C](C)=[Zr].[Cl-].[Cl-]. The summed E-state index contributed by atoms with van der Waals surface area (Å²) in [6, 6.07) is 33.8. The number of hydrogen-bond acceptors (Lipinski definition) is 0. The molecule has 8 rings (SSSR count). The molecule has 0 saturated heterocycles. The molecule has 0 bridgehead atoms. The Balaban J connectivity index is 0.000000216. The number of fused-ring (bicyclic) bond motifs is 6. The quantitative estimate of drug-likeness (QED) is 0.192. The van der Waals surface area contributed by atoms with Crippen LogP contribution in [0.5, 0.6) is 0 Å². The third-order valence-corrected chi connectivity index (χ3v) is 9.37. The van der Waals surface area contributed by atoms with Crippen LogP contribution in [0.25, 0.3) is 33.4 Å². The molecule has 4 aromatic carbocycles. The molecular weight excluding hydrogens is 806 g/mol. The standard InChI is InChI=1S/2C20H17.2C3H6.2ClH.2Zr/c2*1-13-7-9-18(14(13)2)16-8-10-20-17(12-16)11-15-5-3-4-6-19(15)20;2*1-3-2;;;;/h2*3-8,10H,9,11H2,1-2H3;2*1-2H3;2*1H;;/q2*-1;;;;;;/p-2. The summed E-state index contributed by atoms with van der Waals surface area (Å²) in [5.41, 5.74) is 22.2. The zero-order valence-corrected chi connectivity index (χ0v) is 37.1. The molecule has 0 atom stereocenters. The van der Waals surface area contributed by atoms with Gasteiger partial charge in [0.1, 0.15) is 0 Å². The van der Waals surface area contributed by atoms with E-state index >= 15 is 0 Å². The van der Waals surface area contributed by atoms with E-state index in [1.54, 1.807) is 48.5 Å². The molecule has 0 fully saturated rings. The van der Waals surface area contributed by atoms with Crippen molar-refractivity contribution in [2.75, 3.05) is 0 Å². The first-order chi connectivity index (χ1) is 22.9. The van der Waals surface area contributed by atoms with Gasteiger partial charge in [0.15, 0.2) is 0 Å². The summed E-state index contributed by atoms with van der Waals surface area (Å²) >= 11 is 3.11. The van der Waals surface area contributed by atoms with Crippen molar-refractivity contribution in [3.8, 4) is 22.3 Å². The summed E-state index contributed by atoms with van der Waals surface area (Å²) in [4.78, 5) is 0. The molecule has 0 heterocycles. The Morgan fingerprint density at radius 1 is 0.500 bits per heavy atom.